The summed E-state index contributed by atoms with van der Waals surface area (Å²) in [5, 5.41) is 3.15. The van der Waals surface area contributed by atoms with E-state index in [1.54, 1.807) is 24.8 Å². The lowest BCUT2D eigenvalue weighted by Gasteiger charge is -2.32. The van der Waals surface area contributed by atoms with Gasteiger partial charge in [-0.3, -0.25) is 9.59 Å². The number of fused-ring (bicyclic) bond motifs is 1. The van der Waals surface area contributed by atoms with Crippen LogP contribution < -0.4 is 5.32 Å². The van der Waals surface area contributed by atoms with Gasteiger partial charge in [0.05, 0.1) is 5.56 Å². The van der Waals surface area contributed by atoms with Crippen molar-refractivity contribution in [1.82, 2.24) is 14.5 Å². The molecule has 2 heterocycles. The fraction of sp³-hybridized carbons (Fsp3) is 0.579. The summed E-state index contributed by atoms with van der Waals surface area (Å²) in [5.74, 6) is -0.0843. The number of hydrogen-bond donors (Lipinski definition) is 1. The molecule has 156 valence electrons. The third kappa shape index (κ3) is 4.04. The summed E-state index contributed by atoms with van der Waals surface area (Å²) in [6.07, 6.45) is 3.01. The predicted molar refractivity (Wildman–Crippen MR) is 109 cm³/mol. The van der Waals surface area contributed by atoms with E-state index < -0.39 is 22.0 Å². The molecule has 2 aliphatic rings. The monoisotopic (exact) mass is 429 g/mol. The number of amides is 2. The number of likely N-dealkylation sites (tertiary alicyclic amines) is 1. The second kappa shape index (κ2) is 8.80. The van der Waals surface area contributed by atoms with Crippen LogP contribution in [0.4, 0.5) is 0 Å². The lowest BCUT2D eigenvalue weighted by Crippen LogP contribution is -2.39. The fourth-order valence-corrected chi connectivity index (χ4v) is 5.64. The summed E-state index contributed by atoms with van der Waals surface area (Å²) in [5.41, 5.74) is 0.468. The quantitative estimate of drug-likeness (QED) is 0.774. The maximum Gasteiger partial charge on any atom is 0.269 e. The van der Waals surface area contributed by atoms with Crippen LogP contribution in [-0.4, -0.2) is 62.2 Å². The highest BCUT2D eigenvalue weighted by Gasteiger charge is 2.43. The van der Waals surface area contributed by atoms with Crippen molar-refractivity contribution in [1.29, 1.82) is 0 Å². The number of piperidine rings is 1. The molecule has 0 spiro atoms. The van der Waals surface area contributed by atoms with E-state index in [0.29, 0.717) is 24.6 Å². The molecule has 1 aromatic carbocycles. The van der Waals surface area contributed by atoms with Gasteiger partial charge in [0.15, 0.2) is 0 Å². The van der Waals surface area contributed by atoms with Gasteiger partial charge < -0.3 is 10.2 Å². The lowest BCUT2D eigenvalue weighted by molar-refractivity contribution is 0.0686. The minimum atomic E-state index is -3.89. The summed E-state index contributed by atoms with van der Waals surface area (Å²) in [4.78, 5) is 27.0. The Kier molecular flexibility index (Phi) is 7.12. The zero-order chi connectivity index (χ0) is 19.8. The Morgan fingerprint density at radius 1 is 1.25 bits per heavy atom. The van der Waals surface area contributed by atoms with Crippen molar-refractivity contribution in [3.63, 3.8) is 0 Å². The second-order valence-corrected chi connectivity index (χ2v) is 9.32. The summed E-state index contributed by atoms with van der Waals surface area (Å²) < 4.78 is 26.3. The molecular formula is C19H28ClN3O4S. The molecule has 0 bridgehead atoms. The van der Waals surface area contributed by atoms with Crippen molar-refractivity contribution >= 4 is 34.2 Å². The van der Waals surface area contributed by atoms with Crippen molar-refractivity contribution in [3.8, 4) is 0 Å². The van der Waals surface area contributed by atoms with E-state index in [1.807, 2.05) is 7.05 Å². The molecule has 28 heavy (non-hydrogen) atoms. The van der Waals surface area contributed by atoms with Gasteiger partial charge in [-0.05, 0) is 70.8 Å². The Hall–Kier alpha value is -1.64. The molecule has 0 saturated carbocycles. The van der Waals surface area contributed by atoms with Crippen LogP contribution in [0.5, 0.6) is 0 Å². The maximum atomic E-state index is 12.8. The van der Waals surface area contributed by atoms with E-state index >= 15 is 0 Å². The molecule has 1 fully saturated rings. The molecular weight excluding hydrogens is 402 g/mol. The molecule has 2 aliphatic heterocycles. The van der Waals surface area contributed by atoms with Crippen molar-refractivity contribution in [2.24, 2.45) is 5.92 Å². The van der Waals surface area contributed by atoms with Gasteiger partial charge in [-0.15, -0.1) is 12.4 Å². The molecule has 0 aliphatic carbocycles. The van der Waals surface area contributed by atoms with Crippen LogP contribution in [0, 0.1) is 5.92 Å². The van der Waals surface area contributed by atoms with E-state index in [9.17, 15) is 18.0 Å². The molecule has 1 saturated heterocycles. The number of carbonyl (C=O) groups excluding carboxylic acids is 2. The minimum Gasteiger partial charge on any atom is -0.339 e. The second-order valence-electron chi connectivity index (χ2n) is 7.54. The van der Waals surface area contributed by atoms with E-state index in [-0.39, 0.29) is 28.8 Å². The van der Waals surface area contributed by atoms with Gasteiger partial charge >= 0.3 is 0 Å². The highest BCUT2D eigenvalue weighted by atomic mass is 35.5. The molecule has 3 rings (SSSR count). The van der Waals surface area contributed by atoms with Crippen LogP contribution >= 0.6 is 12.4 Å². The molecule has 1 aromatic rings. The smallest absolute Gasteiger partial charge is 0.269 e. The Morgan fingerprint density at radius 3 is 2.46 bits per heavy atom. The summed E-state index contributed by atoms with van der Waals surface area (Å²) in [6, 6.07) is 3.92. The highest BCUT2D eigenvalue weighted by Crippen LogP contribution is 2.33. The van der Waals surface area contributed by atoms with Gasteiger partial charge in [0.25, 0.3) is 21.8 Å². The standard InChI is InChI=1S/C19H27N3O4S.ClH/c1-13(2)22-19(24)16-5-4-15(12-17(16)27(22,25)26)18(23)21-10-7-14(8-11-21)6-9-20-3;/h4-5,12-14,20H,6-11H2,1-3H3;1H. The molecule has 2 amide bonds. The van der Waals surface area contributed by atoms with E-state index in [1.165, 1.54) is 12.1 Å². The van der Waals surface area contributed by atoms with E-state index in [2.05, 4.69) is 5.32 Å². The third-order valence-electron chi connectivity index (χ3n) is 5.37. The van der Waals surface area contributed by atoms with Crippen LogP contribution in [0.25, 0.3) is 0 Å². The highest BCUT2D eigenvalue weighted by molar-refractivity contribution is 7.90. The minimum absolute atomic E-state index is 0. The molecule has 9 heteroatoms. The van der Waals surface area contributed by atoms with E-state index in [4.69, 9.17) is 0 Å². The number of carbonyl (C=O) groups is 2. The lowest BCUT2D eigenvalue weighted by atomic mass is 9.93. The van der Waals surface area contributed by atoms with E-state index in [0.717, 1.165) is 30.1 Å². The average molecular weight is 430 g/mol. The van der Waals surface area contributed by atoms with Gasteiger partial charge in [-0.1, -0.05) is 0 Å². The van der Waals surface area contributed by atoms with Crippen molar-refractivity contribution in [3.05, 3.63) is 29.3 Å². The first-order chi connectivity index (χ1) is 12.8. The van der Waals surface area contributed by atoms with Crippen molar-refractivity contribution in [2.75, 3.05) is 26.7 Å². The normalized spacial score (nSPS) is 18.9. The zero-order valence-corrected chi connectivity index (χ0v) is 18.1. The SMILES string of the molecule is CNCCC1CCN(C(=O)c2ccc3c(c2)S(=O)(=O)N(C(C)C)C3=O)CC1.Cl. The first kappa shape index (κ1) is 22.6. The van der Waals surface area contributed by atoms with Gasteiger partial charge in [0.2, 0.25) is 0 Å². The summed E-state index contributed by atoms with van der Waals surface area (Å²) >= 11 is 0. The zero-order valence-electron chi connectivity index (χ0n) is 16.5. The first-order valence-electron chi connectivity index (χ1n) is 9.44. The molecule has 7 nitrogen and oxygen atoms in total. The number of nitrogens with one attached hydrogen (secondary N) is 1. The third-order valence-corrected chi connectivity index (χ3v) is 7.37. The molecule has 0 radical (unpaired) electrons. The Balaban J connectivity index is 0.00000280. The number of rotatable bonds is 5. The Bertz CT molecular complexity index is 849. The fourth-order valence-electron chi connectivity index (χ4n) is 3.85. The number of nitrogens with zero attached hydrogens (tertiary/aromatic N) is 2. The van der Waals surface area contributed by atoms with Gasteiger partial charge in [-0.25, -0.2) is 12.7 Å². The molecule has 0 atom stereocenters. The largest absolute Gasteiger partial charge is 0.339 e. The predicted octanol–water partition coefficient (Wildman–Crippen LogP) is 2.12. The van der Waals surface area contributed by atoms with Crippen molar-refractivity contribution < 1.29 is 18.0 Å². The summed E-state index contributed by atoms with van der Waals surface area (Å²) in [6.45, 7) is 5.64. The van der Waals surface area contributed by atoms with Gasteiger partial charge in [-0.2, -0.15) is 0 Å². The van der Waals surface area contributed by atoms with Crippen molar-refractivity contribution in [2.45, 2.75) is 44.0 Å². The Labute approximate surface area is 172 Å². The van der Waals surface area contributed by atoms with Crippen LogP contribution in [0.2, 0.25) is 0 Å². The van der Waals surface area contributed by atoms with Crippen LogP contribution in [-0.2, 0) is 10.0 Å². The number of benzene rings is 1. The molecule has 0 aromatic heterocycles. The first-order valence-corrected chi connectivity index (χ1v) is 10.9. The molecule has 1 N–H and O–H groups in total. The van der Waals surface area contributed by atoms with Gasteiger partial charge in [0, 0.05) is 24.7 Å². The molecule has 0 unspecified atom stereocenters. The van der Waals surface area contributed by atoms with Gasteiger partial charge in [0.1, 0.15) is 4.90 Å². The number of hydrogen-bond acceptors (Lipinski definition) is 5. The van der Waals surface area contributed by atoms with Crippen LogP contribution in [0.1, 0.15) is 53.8 Å². The maximum absolute atomic E-state index is 12.8. The van der Waals surface area contributed by atoms with Crippen LogP contribution in [0.15, 0.2) is 23.1 Å². The number of halogens is 1. The summed E-state index contributed by atoms with van der Waals surface area (Å²) in [7, 11) is -1.96. The topological polar surface area (TPSA) is 86.8 Å². The van der Waals surface area contributed by atoms with Crippen LogP contribution in [0.3, 0.4) is 0 Å². The average Bonchev–Trinajstić information content (AvgIpc) is 2.85. The number of sulfonamides is 1. The Morgan fingerprint density at radius 2 is 1.89 bits per heavy atom.